The normalized spacial score (nSPS) is 14.6. The lowest BCUT2D eigenvalue weighted by atomic mass is 10.3. The summed E-state index contributed by atoms with van der Waals surface area (Å²) < 4.78 is 25.1. The Morgan fingerprint density at radius 3 is 2.43 bits per heavy atom. The van der Waals surface area contributed by atoms with Gasteiger partial charge < -0.3 is 5.32 Å². The van der Waals surface area contributed by atoms with Gasteiger partial charge in [0, 0.05) is 20.1 Å². The summed E-state index contributed by atoms with van der Waals surface area (Å²) in [4.78, 5) is 0. The minimum atomic E-state index is -3.10. The first-order valence-corrected chi connectivity index (χ1v) is 6.56. The van der Waals surface area contributed by atoms with Crippen molar-refractivity contribution >= 4 is 10.0 Å². The highest BCUT2D eigenvalue weighted by atomic mass is 32.2. The highest BCUT2D eigenvalue weighted by Crippen LogP contribution is 2.07. The number of hydrogen-bond donors (Lipinski definition) is 1. The summed E-state index contributed by atoms with van der Waals surface area (Å²) in [7, 11) is 0.309. The van der Waals surface area contributed by atoms with Gasteiger partial charge in [-0.2, -0.15) is 0 Å². The van der Waals surface area contributed by atoms with E-state index in [-0.39, 0.29) is 5.25 Å². The van der Waals surface area contributed by atoms with E-state index in [0.717, 1.165) is 12.8 Å². The molecule has 0 aliphatic carbocycles. The van der Waals surface area contributed by atoms with Crippen LogP contribution in [0, 0.1) is 0 Å². The van der Waals surface area contributed by atoms with Gasteiger partial charge in [-0.05, 0) is 20.4 Å². The zero-order valence-electron chi connectivity index (χ0n) is 9.58. The Labute approximate surface area is 87.7 Å². The fourth-order valence-electron chi connectivity index (χ4n) is 1.21. The van der Waals surface area contributed by atoms with Crippen molar-refractivity contribution in [3.63, 3.8) is 0 Å². The second-order valence-electron chi connectivity index (χ2n) is 3.59. The van der Waals surface area contributed by atoms with Crippen LogP contribution >= 0.6 is 0 Å². The third-order valence-corrected chi connectivity index (χ3v) is 4.50. The van der Waals surface area contributed by atoms with Crippen molar-refractivity contribution < 1.29 is 8.42 Å². The fourth-order valence-corrected chi connectivity index (χ4v) is 2.58. The van der Waals surface area contributed by atoms with E-state index in [1.165, 1.54) is 4.31 Å². The Morgan fingerprint density at radius 2 is 2.00 bits per heavy atom. The monoisotopic (exact) mass is 222 g/mol. The van der Waals surface area contributed by atoms with Crippen LogP contribution in [-0.4, -0.2) is 45.2 Å². The molecule has 0 saturated heterocycles. The molecule has 0 spiro atoms. The van der Waals surface area contributed by atoms with Gasteiger partial charge >= 0.3 is 0 Å². The van der Waals surface area contributed by atoms with Crippen LogP contribution in [0.25, 0.3) is 0 Å². The summed E-state index contributed by atoms with van der Waals surface area (Å²) in [5.41, 5.74) is 0. The standard InChI is InChI=1S/C9H22N2O2S/c1-5-6-7-11(4)14(12,13)9(2)8-10-3/h9-10H,5-8H2,1-4H3. The van der Waals surface area contributed by atoms with Gasteiger partial charge in [0.2, 0.25) is 10.0 Å². The molecule has 0 aliphatic rings. The Morgan fingerprint density at radius 1 is 1.43 bits per heavy atom. The fraction of sp³-hybridized carbons (Fsp3) is 1.00. The van der Waals surface area contributed by atoms with Crippen LogP contribution in [0.3, 0.4) is 0 Å². The average molecular weight is 222 g/mol. The van der Waals surface area contributed by atoms with Crippen molar-refractivity contribution in [1.82, 2.24) is 9.62 Å². The maximum absolute atomic E-state index is 11.8. The highest BCUT2D eigenvalue weighted by molar-refractivity contribution is 7.89. The molecule has 1 unspecified atom stereocenters. The minimum Gasteiger partial charge on any atom is -0.318 e. The van der Waals surface area contributed by atoms with Gasteiger partial charge in [0.15, 0.2) is 0 Å². The van der Waals surface area contributed by atoms with Crippen molar-refractivity contribution in [3.05, 3.63) is 0 Å². The van der Waals surface area contributed by atoms with Gasteiger partial charge in [-0.25, -0.2) is 12.7 Å². The smallest absolute Gasteiger partial charge is 0.217 e. The number of unbranched alkanes of at least 4 members (excludes halogenated alkanes) is 1. The lowest BCUT2D eigenvalue weighted by molar-refractivity contribution is 0.449. The van der Waals surface area contributed by atoms with E-state index in [9.17, 15) is 8.42 Å². The van der Waals surface area contributed by atoms with Gasteiger partial charge in [0.1, 0.15) is 0 Å². The van der Waals surface area contributed by atoms with Crippen LogP contribution < -0.4 is 5.32 Å². The van der Waals surface area contributed by atoms with Crippen molar-refractivity contribution in [2.24, 2.45) is 0 Å². The summed E-state index contributed by atoms with van der Waals surface area (Å²) in [6, 6.07) is 0. The van der Waals surface area contributed by atoms with E-state index < -0.39 is 10.0 Å². The van der Waals surface area contributed by atoms with E-state index in [0.29, 0.717) is 13.1 Å². The summed E-state index contributed by atoms with van der Waals surface area (Å²) in [5, 5.41) is 2.53. The van der Waals surface area contributed by atoms with Crippen LogP contribution in [0.5, 0.6) is 0 Å². The SMILES string of the molecule is CCCCN(C)S(=O)(=O)C(C)CNC. The van der Waals surface area contributed by atoms with Gasteiger partial charge in [-0.1, -0.05) is 13.3 Å². The lowest BCUT2D eigenvalue weighted by Crippen LogP contribution is -2.39. The molecule has 0 radical (unpaired) electrons. The molecule has 0 heterocycles. The van der Waals surface area contributed by atoms with Crippen molar-refractivity contribution in [1.29, 1.82) is 0 Å². The van der Waals surface area contributed by atoms with Gasteiger partial charge in [-0.15, -0.1) is 0 Å². The predicted octanol–water partition coefficient (Wildman–Crippen LogP) is 0.656. The molecular weight excluding hydrogens is 200 g/mol. The van der Waals surface area contributed by atoms with Gasteiger partial charge in [0.25, 0.3) is 0 Å². The Bertz CT molecular complexity index is 239. The third kappa shape index (κ3) is 3.94. The third-order valence-electron chi connectivity index (χ3n) is 2.26. The van der Waals surface area contributed by atoms with Crippen LogP contribution in [0.2, 0.25) is 0 Å². The van der Waals surface area contributed by atoms with E-state index in [1.807, 2.05) is 0 Å². The van der Waals surface area contributed by atoms with Crippen LogP contribution in [-0.2, 0) is 10.0 Å². The molecule has 4 nitrogen and oxygen atoms in total. The molecule has 0 aromatic carbocycles. The topological polar surface area (TPSA) is 49.4 Å². The summed E-state index contributed by atoms with van der Waals surface area (Å²) in [5.74, 6) is 0. The van der Waals surface area contributed by atoms with Crippen LogP contribution in [0.15, 0.2) is 0 Å². The molecular formula is C9H22N2O2S. The second kappa shape index (κ2) is 6.37. The van der Waals surface area contributed by atoms with E-state index in [1.54, 1.807) is 21.0 Å². The molecule has 0 fully saturated rings. The molecule has 1 atom stereocenters. The summed E-state index contributed by atoms with van der Waals surface area (Å²) in [6.45, 7) is 4.90. The number of nitrogens with zero attached hydrogens (tertiary/aromatic N) is 1. The molecule has 86 valence electrons. The minimum absolute atomic E-state index is 0.352. The summed E-state index contributed by atoms with van der Waals surface area (Å²) in [6.07, 6.45) is 1.93. The van der Waals surface area contributed by atoms with E-state index >= 15 is 0 Å². The zero-order valence-corrected chi connectivity index (χ0v) is 10.4. The molecule has 0 aromatic rings. The van der Waals surface area contributed by atoms with Crippen molar-refractivity contribution in [2.75, 3.05) is 27.2 Å². The second-order valence-corrected chi connectivity index (χ2v) is 6.05. The van der Waals surface area contributed by atoms with Crippen molar-refractivity contribution in [2.45, 2.75) is 31.9 Å². The molecule has 1 N–H and O–H groups in total. The molecule has 5 heteroatoms. The average Bonchev–Trinajstić information content (AvgIpc) is 2.14. The first-order valence-electron chi connectivity index (χ1n) is 5.06. The number of hydrogen-bond acceptors (Lipinski definition) is 3. The Balaban J connectivity index is 4.29. The molecule has 0 amide bonds. The van der Waals surface area contributed by atoms with Crippen LogP contribution in [0.4, 0.5) is 0 Å². The van der Waals surface area contributed by atoms with E-state index in [2.05, 4.69) is 12.2 Å². The molecule has 14 heavy (non-hydrogen) atoms. The lowest BCUT2D eigenvalue weighted by Gasteiger charge is -2.21. The zero-order chi connectivity index (χ0) is 11.2. The Hall–Kier alpha value is -0.130. The molecule has 0 aliphatic heterocycles. The highest BCUT2D eigenvalue weighted by Gasteiger charge is 2.24. The van der Waals surface area contributed by atoms with Crippen LogP contribution in [0.1, 0.15) is 26.7 Å². The number of nitrogens with one attached hydrogen (secondary N) is 1. The van der Waals surface area contributed by atoms with E-state index in [4.69, 9.17) is 0 Å². The summed E-state index contributed by atoms with van der Waals surface area (Å²) >= 11 is 0. The Kier molecular flexibility index (Phi) is 6.31. The molecule has 0 rings (SSSR count). The largest absolute Gasteiger partial charge is 0.318 e. The van der Waals surface area contributed by atoms with Gasteiger partial charge in [-0.3, -0.25) is 0 Å². The molecule has 0 bridgehead atoms. The maximum Gasteiger partial charge on any atom is 0.217 e. The predicted molar refractivity (Wildman–Crippen MR) is 59.8 cm³/mol. The number of sulfonamides is 1. The molecule has 0 saturated carbocycles. The maximum atomic E-state index is 11.8. The quantitative estimate of drug-likeness (QED) is 0.688. The molecule has 0 aromatic heterocycles. The first-order chi connectivity index (χ1) is 6.46. The van der Waals surface area contributed by atoms with Crippen molar-refractivity contribution in [3.8, 4) is 0 Å². The number of rotatable bonds is 7. The first kappa shape index (κ1) is 13.9. The van der Waals surface area contributed by atoms with Gasteiger partial charge in [0.05, 0.1) is 5.25 Å².